The van der Waals surface area contributed by atoms with Gasteiger partial charge in [0, 0.05) is 18.7 Å². The first-order valence-corrected chi connectivity index (χ1v) is 6.22. The molecule has 1 heterocycles. The van der Waals surface area contributed by atoms with Crippen LogP contribution in [-0.2, 0) is 19.2 Å². The second-order valence-electron chi connectivity index (χ2n) is 5.14. The maximum atomic E-state index is 11.4. The van der Waals surface area contributed by atoms with E-state index in [-0.39, 0.29) is 30.6 Å². The zero-order chi connectivity index (χ0) is 14.0. The Hall–Kier alpha value is -1.98. The van der Waals surface area contributed by atoms with Crippen molar-refractivity contribution in [2.24, 2.45) is 11.3 Å². The summed E-state index contributed by atoms with van der Waals surface area (Å²) in [5.41, 5.74) is -1.28. The molecule has 6 heteroatoms. The van der Waals surface area contributed by atoms with E-state index in [9.17, 15) is 19.2 Å². The van der Waals surface area contributed by atoms with E-state index in [2.05, 4.69) is 0 Å². The lowest BCUT2D eigenvalue weighted by molar-refractivity contribution is -0.154. The van der Waals surface area contributed by atoms with Crippen LogP contribution in [0.2, 0.25) is 0 Å². The Morgan fingerprint density at radius 2 is 1.84 bits per heavy atom. The van der Waals surface area contributed by atoms with Gasteiger partial charge >= 0.3 is 5.97 Å². The summed E-state index contributed by atoms with van der Waals surface area (Å²) in [5, 5.41) is 9.08. The van der Waals surface area contributed by atoms with Gasteiger partial charge in [0.05, 0.1) is 0 Å². The number of carbonyl (C=O) groups excluding carboxylic acids is 3. The van der Waals surface area contributed by atoms with E-state index in [1.165, 1.54) is 17.1 Å². The summed E-state index contributed by atoms with van der Waals surface area (Å²) in [4.78, 5) is 46.1. The van der Waals surface area contributed by atoms with Crippen molar-refractivity contribution in [3.8, 4) is 0 Å². The Morgan fingerprint density at radius 1 is 1.32 bits per heavy atom. The molecule has 2 aliphatic rings. The number of aldehydes is 1. The van der Waals surface area contributed by atoms with Gasteiger partial charge in [-0.1, -0.05) is 0 Å². The van der Waals surface area contributed by atoms with Crippen LogP contribution in [0.1, 0.15) is 25.7 Å². The van der Waals surface area contributed by atoms with Crippen molar-refractivity contribution in [1.82, 2.24) is 4.90 Å². The maximum Gasteiger partial charge on any atom is 0.316 e. The van der Waals surface area contributed by atoms with Gasteiger partial charge in [0.1, 0.15) is 11.7 Å². The van der Waals surface area contributed by atoms with Crippen LogP contribution < -0.4 is 0 Å². The Balaban J connectivity index is 1.94. The largest absolute Gasteiger partial charge is 0.481 e. The van der Waals surface area contributed by atoms with Gasteiger partial charge in [0.25, 0.3) is 11.8 Å². The van der Waals surface area contributed by atoms with Crippen LogP contribution in [0.3, 0.4) is 0 Å². The molecule has 1 fully saturated rings. The standard InChI is InChI=1S/C13H15NO5/c15-8-13(12(18)19)5-3-9(4-6-13)7-14-10(16)1-2-11(14)17/h1-2,8-9H,3-7H2,(H,18,19). The molecule has 0 saturated heterocycles. The van der Waals surface area contributed by atoms with Crippen LogP contribution in [-0.4, -0.2) is 40.6 Å². The van der Waals surface area contributed by atoms with Gasteiger partial charge in [-0.15, -0.1) is 0 Å². The SMILES string of the molecule is O=CC1(C(=O)O)CCC(CN2C(=O)C=CC2=O)CC1. The highest BCUT2D eigenvalue weighted by Gasteiger charge is 2.42. The highest BCUT2D eigenvalue weighted by atomic mass is 16.4. The van der Waals surface area contributed by atoms with Gasteiger partial charge in [-0.2, -0.15) is 0 Å². The summed E-state index contributed by atoms with van der Waals surface area (Å²) in [6.07, 6.45) is 4.57. The molecule has 6 nitrogen and oxygen atoms in total. The lowest BCUT2D eigenvalue weighted by atomic mass is 9.71. The van der Waals surface area contributed by atoms with Crippen LogP contribution in [0.15, 0.2) is 12.2 Å². The summed E-state index contributed by atoms with van der Waals surface area (Å²) in [5.74, 6) is -1.66. The van der Waals surface area contributed by atoms with E-state index in [1.807, 2.05) is 0 Å². The number of aliphatic carboxylic acids is 1. The Kier molecular flexibility index (Phi) is 3.50. The molecule has 0 bridgehead atoms. The molecule has 2 rings (SSSR count). The van der Waals surface area contributed by atoms with Crippen LogP contribution in [0.5, 0.6) is 0 Å². The maximum absolute atomic E-state index is 11.4. The lowest BCUT2D eigenvalue weighted by Gasteiger charge is -2.33. The predicted octanol–water partition coefficient (Wildman–Crippen LogP) is 0.371. The van der Waals surface area contributed by atoms with Crippen molar-refractivity contribution in [2.75, 3.05) is 6.54 Å². The van der Waals surface area contributed by atoms with Gasteiger partial charge in [0.15, 0.2) is 0 Å². The van der Waals surface area contributed by atoms with E-state index in [1.54, 1.807) is 0 Å². The van der Waals surface area contributed by atoms with Gasteiger partial charge in [0.2, 0.25) is 0 Å². The fraction of sp³-hybridized carbons (Fsp3) is 0.538. The van der Waals surface area contributed by atoms with Crippen molar-refractivity contribution < 1.29 is 24.3 Å². The molecule has 1 N–H and O–H groups in total. The molecule has 0 aromatic carbocycles. The third-order valence-electron chi connectivity index (χ3n) is 3.99. The van der Waals surface area contributed by atoms with Gasteiger partial charge < -0.3 is 9.90 Å². The Bertz CT molecular complexity index is 442. The van der Waals surface area contributed by atoms with Crippen molar-refractivity contribution in [3.63, 3.8) is 0 Å². The van der Waals surface area contributed by atoms with Crippen molar-refractivity contribution in [2.45, 2.75) is 25.7 Å². The quantitative estimate of drug-likeness (QED) is 0.450. The zero-order valence-corrected chi connectivity index (χ0v) is 10.4. The third kappa shape index (κ3) is 2.43. The van der Waals surface area contributed by atoms with Gasteiger partial charge in [-0.3, -0.25) is 19.3 Å². The van der Waals surface area contributed by atoms with Crippen LogP contribution in [0.25, 0.3) is 0 Å². The predicted molar refractivity (Wildman–Crippen MR) is 64.0 cm³/mol. The Labute approximate surface area is 110 Å². The number of amides is 2. The van der Waals surface area contributed by atoms with Gasteiger partial charge in [-0.25, -0.2) is 0 Å². The first-order valence-electron chi connectivity index (χ1n) is 6.22. The number of rotatable bonds is 4. The normalized spacial score (nSPS) is 30.7. The summed E-state index contributed by atoms with van der Waals surface area (Å²) in [6.45, 7) is 0.305. The molecule has 0 unspecified atom stereocenters. The highest BCUT2D eigenvalue weighted by Crippen LogP contribution is 2.38. The van der Waals surface area contributed by atoms with E-state index >= 15 is 0 Å². The molecular weight excluding hydrogens is 250 g/mol. The topological polar surface area (TPSA) is 91.8 Å². The first kappa shape index (κ1) is 13.5. The summed E-state index contributed by atoms with van der Waals surface area (Å²) in [7, 11) is 0. The smallest absolute Gasteiger partial charge is 0.316 e. The number of hydrogen-bond acceptors (Lipinski definition) is 4. The fourth-order valence-electron chi connectivity index (χ4n) is 2.63. The fourth-order valence-corrected chi connectivity index (χ4v) is 2.63. The summed E-state index contributed by atoms with van der Waals surface area (Å²) < 4.78 is 0. The number of nitrogens with zero attached hydrogens (tertiary/aromatic N) is 1. The molecule has 1 aliphatic carbocycles. The second kappa shape index (κ2) is 4.95. The second-order valence-corrected chi connectivity index (χ2v) is 5.14. The molecule has 19 heavy (non-hydrogen) atoms. The van der Waals surface area contributed by atoms with Crippen molar-refractivity contribution in [1.29, 1.82) is 0 Å². The summed E-state index contributed by atoms with van der Waals surface area (Å²) in [6, 6.07) is 0. The average molecular weight is 265 g/mol. The van der Waals surface area contributed by atoms with Gasteiger partial charge in [-0.05, 0) is 31.6 Å². The molecule has 0 aromatic rings. The average Bonchev–Trinajstić information content (AvgIpc) is 2.71. The molecule has 0 spiro atoms. The van der Waals surface area contributed by atoms with E-state index in [0.29, 0.717) is 25.7 Å². The number of hydrogen-bond donors (Lipinski definition) is 1. The van der Waals surface area contributed by atoms with Crippen LogP contribution >= 0.6 is 0 Å². The van der Waals surface area contributed by atoms with E-state index in [4.69, 9.17) is 5.11 Å². The third-order valence-corrected chi connectivity index (χ3v) is 3.99. The lowest BCUT2D eigenvalue weighted by Crippen LogP contribution is -2.41. The molecule has 0 aromatic heterocycles. The molecule has 1 saturated carbocycles. The number of carbonyl (C=O) groups is 4. The molecule has 2 amide bonds. The van der Waals surface area contributed by atoms with Crippen LogP contribution in [0, 0.1) is 11.3 Å². The number of carboxylic acid groups (broad SMARTS) is 1. The van der Waals surface area contributed by atoms with Crippen molar-refractivity contribution >= 4 is 24.1 Å². The summed E-state index contributed by atoms with van der Waals surface area (Å²) >= 11 is 0. The van der Waals surface area contributed by atoms with E-state index in [0.717, 1.165) is 0 Å². The molecule has 1 aliphatic heterocycles. The first-order chi connectivity index (χ1) is 8.98. The van der Waals surface area contributed by atoms with Crippen molar-refractivity contribution in [3.05, 3.63) is 12.2 Å². The molecule has 0 radical (unpaired) electrons. The molecular formula is C13H15NO5. The zero-order valence-electron chi connectivity index (χ0n) is 10.4. The minimum atomic E-state index is -1.28. The Morgan fingerprint density at radius 3 is 2.26 bits per heavy atom. The monoisotopic (exact) mass is 265 g/mol. The molecule has 102 valence electrons. The van der Waals surface area contributed by atoms with Crippen LogP contribution in [0.4, 0.5) is 0 Å². The van der Waals surface area contributed by atoms with E-state index < -0.39 is 11.4 Å². The minimum absolute atomic E-state index is 0.0697. The highest BCUT2D eigenvalue weighted by molar-refractivity contribution is 6.12. The molecule has 0 atom stereocenters. The number of imide groups is 1. The number of carboxylic acids is 1. The minimum Gasteiger partial charge on any atom is -0.481 e.